The molecule has 0 aliphatic carbocycles. The molecule has 116 valence electrons. The van der Waals surface area contributed by atoms with Gasteiger partial charge in [-0.15, -0.1) is 0 Å². The summed E-state index contributed by atoms with van der Waals surface area (Å²) < 4.78 is 5.41. The first kappa shape index (κ1) is 15.2. The van der Waals surface area contributed by atoms with Crippen LogP contribution >= 0.6 is 12.2 Å². The van der Waals surface area contributed by atoms with Gasteiger partial charge in [-0.1, -0.05) is 17.7 Å². The fourth-order valence-electron chi connectivity index (χ4n) is 2.26. The fourth-order valence-corrected chi connectivity index (χ4v) is 2.54. The first-order valence-corrected chi connectivity index (χ1v) is 7.41. The molecule has 2 heterocycles. The molecule has 0 saturated carbocycles. The molecule has 5 nitrogen and oxygen atoms in total. The number of aryl methyl sites for hydroxylation is 2. The lowest BCUT2D eigenvalue weighted by molar-refractivity contribution is -0.122. The van der Waals surface area contributed by atoms with Gasteiger partial charge in [-0.2, -0.15) is 0 Å². The van der Waals surface area contributed by atoms with E-state index in [0.717, 1.165) is 5.56 Å². The molecule has 0 radical (unpaired) electrons. The van der Waals surface area contributed by atoms with Gasteiger partial charge in [0, 0.05) is 0 Å². The zero-order valence-corrected chi connectivity index (χ0v) is 13.4. The van der Waals surface area contributed by atoms with Gasteiger partial charge in [-0.05, 0) is 56.4 Å². The Labute approximate surface area is 138 Å². The van der Waals surface area contributed by atoms with E-state index < -0.39 is 11.8 Å². The van der Waals surface area contributed by atoms with Crippen molar-refractivity contribution in [3.05, 3.63) is 59.1 Å². The van der Waals surface area contributed by atoms with Crippen molar-refractivity contribution in [2.45, 2.75) is 13.8 Å². The minimum atomic E-state index is -0.530. The second-order valence-electron chi connectivity index (χ2n) is 5.24. The molecule has 1 aromatic carbocycles. The monoisotopic (exact) mass is 326 g/mol. The average molecular weight is 326 g/mol. The molecular formula is C17H14N2O3S. The highest BCUT2D eigenvalue weighted by atomic mass is 32.1. The summed E-state index contributed by atoms with van der Waals surface area (Å²) in [5.41, 5.74) is 1.65. The van der Waals surface area contributed by atoms with Gasteiger partial charge >= 0.3 is 0 Å². The molecule has 1 fully saturated rings. The molecule has 3 rings (SSSR count). The first-order chi connectivity index (χ1) is 11.0. The van der Waals surface area contributed by atoms with Gasteiger partial charge in [0.05, 0.1) is 5.69 Å². The van der Waals surface area contributed by atoms with Crippen molar-refractivity contribution in [1.82, 2.24) is 5.32 Å². The van der Waals surface area contributed by atoms with Gasteiger partial charge in [0.25, 0.3) is 11.8 Å². The Morgan fingerprint density at radius 1 is 1.09 bits per heavy atom. The third kappa shape index (κ3) is 2.93. The number of carbonyl (C=O) groups is 2. The maximum absolute atomic E-state index is 12.7. The number of amides is 2. The van der Waals surface area contributed by atoms with Crippen molar-refractivity contribution in [1.29, 1.82) is 0 Å². The minimum absolute atomic E-state index is 0.0199. The van der Waals surface area contributed by atoms with Crippen molar-refractivity contribution in [3.8, 4) is 0 Å². The van der Waals surface area contributed by atoms with Gasteiger partial charge in [-0.3, -0.25) is 19.8 Å². The van der Waals surface area contributed by atoms with E-state index in [4.69, 9.17) is 16.6 Å². The number of anilines is 1. The van der Waals surface area contributed by atoms with E-state index >= 15 is 0 Å². The fraction of sp³-hybridized carbons (Fsp3) is 0.118. The largest absolute Gasteiger partial charge is 0.462 e. The summed E-state index contributed by atoms with van der Waals surface area (Å²) in [6.45, 7) is 3.74. The van der Waals surface area contributed by atoms with Crippen LogP contribution in [0.25, 0.3) is 6.08 Å². The standard InChI is InChI=1S/C17H14N2O3S/c1-10-3-6-12(7-4-10)19-16(21)14(15(20)18-17(19)23)9-13-8-5-11(2)22-13/h3-9H,1-2H3,(H,18,20,23)/b14-9-. The van der Waals surface area contributed by atoms with E-state index in [9.17, 15) is 9.59 Å². The molecule has 2 amide bonds. The summed E-state index contributed by atoms with van der Waals surface area (Å²) in [5, 5.41) is 2.60. The normalized spacial score (nSPS) is 16.9. The Morgan fingerprint density at radius 2 is 1.78 bits per heavy atom. The molecule has 0 bridgehead atoms. The van der Waals surface area contributed by atoms with Crippen LogP contribution in [-0.4, -0.2) is 16.9 Å². The van der Waals surface area contributed by atoms with E-state index in [1.165, 1.54) is 11.0 Å². The van der Waals surface area contributed by atoms with E-state index in [-0.39, 0.29) is 10.7 Å². The van der Waals surface area contributed by atoms with Gasteiger partial charge in [0.15, 0.2) is 5.11 Å². The third-order valence-corrected chi connectivity index (χ3v) is 3.73. The number of furan rings is 1. The van der Waals surface area contributed by atoms with Crippen LogP contribution in [0.1, 0.15) is 17.1 Å². The lowest BCUT2D eigenvalue weighted by Crippen LogP contribution is -2.54. The van der Waals surface area contributed by atoms with Crippen LogP contribution in [0.4, 0.5) is 5.69 Å². The topological polar surface area (TPSA) is 62.6 Å². The molecule has 1 aromatic heterocycles. The number of nitrogens with one attached hydrogen (secondary N) is 1. The Hall–Kier alpha value is -2.73. The maximum Gasteiger partial charge on any atom is 0.270 e. The Balaban J connectivity index is 2.00. The lowest BCUT2D eigenvalue weighted by atomic mass is 10.1. The third-order valence-electron chi connectivity index (χ3n) is 3.44. The molecule has 1 aliphatic heterocycles. The summed E-state index contributed by atoms with van der Waals surface area (Å²) in [6, 6.07) is 10.8. The van der Waals surface area contributed by atoms with Crippen LogP contribution in [0.2, 0.25) is 0 Å². The van der Waals surface area contributed by atoms with Gasteiger partial charge in [-0.25, -0.2) is 0 Å². The van der Waals surface area contributed by atoms with Crippen LogP contribution < -0.4 is 10.2 Å². The zero-order chi connectivity index (χ0) is 16.6. The first-order valence-electron chi connectivity index (χ1n) is 7.00. The molecular weight excluding hydrogens is 312 g/mol. The molecule has 0 unspecified atom stereocenters. The molecule has 23 heavy (non-hydrogen) atoms. The Kier molecular flexibility index (Phi) is 3.83. The van der Waals surface area contributed by atoms with Crippen molar-refractivity contribution in [2.75, 3.05) is 4.90 Å². The number of thiocarbonyl (C=S) groups is 1. The highest BCUT2D eigenvalue weighted by Gasteiger charge is 2.34. The van der Waals surface area contributed by atoms with E-state index in [0.29, 0.717) is 17.2 Å². The van der Waals surface area contributed by atoms with Crippen LogP contribution in [0.3, 0.4) is 0 Å². The SMILES string of the molecule is Cc1ccc(N2C(=O)/C(=C\c3ccc(C)o3)C(=O)NC2=S)cc1. The minimum Gasteiger partial charge on any atom is -0.462 e. The van der Waals surface area contributed by atoms with Crippen LogP contribution in [0.15, 0.2) is 46.4 Å². The summed E-state index contributed by atoms with van der Waals surface area (Å²) >= 11 is 5.14. The number of hydrogen-bond donors (Lipinski definition) is 1. The maximum atomic E-state index is 12.7. The van der Waals surface area contributed by atoms with Crippen LogP contribution in [0, 0.1) is 13.8 Å². The molecule has 0 atom stereocenters. The Bertz CT molecular complexity index is 834. The predicted octanol–water partition coefficient (Wildman–Crippen LogP) is 2.73. The highest BCUT2D eigenvalue weighted by Crippen LogP contribution is 2.22. The zero-order valence-electron chi connectivity index (χ0n) is 12.6. The van der Waals surface area contributed by atoms with E-state index in [1.807, 2.05) is 19.1 Å². The summed E-state index contributed by atoms with van der Waals surface area (Å²) in [5.74, 6) is 0.137. The second kappa shape index (κ2) is 5.81. The smallest absolute Gasteiger partial charge is 0.270 e. The summed E-state index contributed by atoms with van der Waals surface area (Å²) in [6.07, 6.45) is 1.42. The molecule has 1 saturated heterocycles. The van der Waals surface area contributed by atoms with Gasteiger partial charge in [0.2, 0.25) is 0 Å². The highest BCUT2D eigenvalue weighted by molar-refractivity contribution is 7.80. The second-order valence-corrected chi connectivity index (χ2v) is 5.63. The summed E-state index contributed by atoms with van der Waals surface area (Å²) in [7, 11) is 0. The van der Waals surface area contributed by atoms with E-state index in [1.54, 1.807) is 31.2 Å². The molecule has 0 spiro atoms. The molecule has 1 aliphatic rings. The van der Waals surface area contributed by atoms with Crippen LogP contribution in [-0.2, 0) is 9.59 Å². The average Bonchev–Trinajstić information content (AvgIpc) is 2.91. The number of carbonyl (C=O) groups excluding carboxylic acids is 2. The van der Waals surface area contributed by atoms with E-state index in [2.05, 4.69) is 5.32 Å². The van der Waals surface area contributed by atoms with Crippen molar-refractivity contribution in [3.63, 3.8) is 0 Å². The van der Waals surface area contributed by atoms with Gasteiger partial charge < -0.3 is 4.42 Å². The van der Waals surface area contributed by atoms with Crippen molar-refractivity contribution in [2.24, 2.45) is 0 Å². The lowest BCUT2D eigenvalue weighted by Gasteiger charge is -2.28. The Morgan fingerprint density at radius 3 is 2.39 bits per heavy atom. The van der Waals surface area contributed by atoms with Crippen molar-refractivity contribution >= 4 is 40.9 Å². The number of benzene rings is 1. The molecule has 6 heteroatoms. The summed E-state index contributed by atoms with van der Waals surface area (Å²) in [4.78, 5) is 26.1. The van der Waals surface area contributed by atoms with Gasteiger partial charge in [0.1, 0.15) is 17.1 Å². The van der Waals surface area contributed by atoms with Crippen LogP contribution in [0.5, 0.6) is 0 Å². The molecule has 1 N–H and O–H groups in total. The number of nitrogens with zero attached hydrogens (tertiary/aromatic N) is 1. The molecule has 2 aromatic rings. The number of rotatable bonds is 2. The quantitative estimate of drug-likeness (QED) is 0.524. The number of hydrogen-bond acceptors (Lipinski definition) is 4. The van der Waals surface area contributed by atoms with Crippen molar-refractivity contribution < 1.29 is 14.0 Å². The predicted molar refractivity (Wildman–Crippen MR) is 90.8 cm³/mol.